The minimum Gasteiger partial charge on any atom is -0.386 e. The van der Waals surface area contributed by atoms with Crippen molar-refractivity contribution < 1.29 is 9.90 Å². The van der Waals surface area contributed by atoms with Crippen molar-refractivity contribution in [1.82, 2.24) is 4.90 Å². The van der Waals surface area contributed by atoms with Crippen LogP contribution in [0.2, 0.25) is 0 Å². The summed E-state index contributed by atoms with van der Waals surface area (Å²) in [4.78, 5) is 14.7. The van der Waals surface area contributed by atoms with E-state index >= 15 is 0 Å². The summed E-state index contributed by atoms with van der Waals surface area (Å²) < 4.78 is 0. The maximum atomic E-state index is 12.1. The number of rotatable bonds is 4. The van der Waals surface area contributed by atoms with Crippen LogP contribution >= 0.6 is 11.3 Å². The quantitative estimate of drug-likeness (QED) is 0.895. The molecule has 0 aliphatic heterocycles. The van der Waals surface area contributed by atoms with Gasteiger partial charge in [-0.15, -0.1) is 11.3 Å². The SMILES string of the molecule is CN(CC(O)c1cccs1)C(=O)C1CCCC1. The monoisotopic (exact) mass is 253 g/mol. The van der Waals surface area contributed by atoms with Gasteiger partial charge in [-0.25, -0.2) is 0 Å². The van der Waals surface area contributed by atoms with E-state index in [9.17, 15) is 9.90 Å². The summed E-state index contributed by atoms with van der Waals surface area (Å²) in [6.07, 6.45) is 3.80. The van der Waals surface area contributed by atoms with Crippen molar-refractivity contribution in [3.8, 4) is 0 Å². The van der Waals surface area contributed by atoms with Crippen LogP contribution in [0.3, 0.4) is 0 Å². The molecule has 1 unspecified atom stereocenters. The van der Waals surface area contributed by atoms with Crippen LogP contribution in [-0.2, 0) is 4.79 Å². The summed E-state index contributed by atoms with van der Waals surface area (Å²) in [5, 5.41) is 11.9. The van der Waals surface area contributed by atoms with Gasteiger partial charge in [0.25, 0.3) is 0 Å². The van der Waals surface area contributed by atoms with Crippen LogP contribution in [0.15, 0.2) is 17.5 Å². The number of likely N-dealkylation sites (N-methyl/N-ethyl adjacent to an activating group) is 1. The maximum Gasteiger partial charge on any atom is 0.225 e. The third-order valence-corrected chi connectivity index (χ3v) is 4.37. The second kappa shape index (κ2) is 5.65. The highest BCUT2D eigenvalue weighted by Gasteiger charge is 2.26. The highest BCUT2D eigenvalue weighted by molar-refractivity contribution is 7.10. The molecule has 1 heterocycles. The number of hydrogen-bond donors (Lipinski definition) is 1. The third-order valence-electron chi connectivity index (χ3n) is 3.40. The van der Waals surface area contributed by atoms with Crippen LogP contribution in [0.5, 0.6) is 0 Å². The molecular weight excluding hydrogens is 234 g/mol. The Bertz CT molecular complexity index is 358. The lowest BCUT2D eigenvalue weighted by Gasteiger charge is -2.23. The average Bonchev–Trinajstić information content (AvgIpc) is 3.00. The van der Waals surface area contributed by atoms with Crippen LogP contribution in [-0.4, -0.2) is 29.5 Å². The first-order chi connectivity index (χ1) is 8.18. The summed E-state index contributed by atoms with van der Waals surface area (Å²) >= 11 is 1.53. The van der Waals surface area contributed by atoms with Crippen LogP contribution in [0, 0.1) is 5.92 Å². The first-order valence-electron chi connectivity index (χ1n) is 6.15. The van der Waals surface area contributed by atoms with Gasteiger partial charge in [-0.2, -0.15) is 0 Å². The summed E-state index contributed by atoms with van der Waals surface area (Å²) in [7, 11) is 1.79. The Kier molecular flexibility index (Phi) is 4.18. The molecule has 0 radical (unpaired) electrons. The number of carbonyl (C=O) groups is 1. The zero-order valence-corrected chi connectivity index (χ0v) is 10.9. The van der Waals surface area contributed by atoms with E-state index < -0.39 is 6.10 Å². The number of amides is 1. The van der Waals surface area contributed by atoms with E-state index in [2.05, 4.69) is 0 Å². The van der Waals surface area contributed by atoms with Crippen LogP contribution in [0.4, 0.5) is 0 Å². The molecule has 1 atom stereocenters. The fraction of sp³-hybridized carbons (Fsp3) is 0.615. The lowest BCUT2D eigenvalue weighted by atomic mass is 10.1. The van der Waals surface area contributed by atoms with Gasteiger partial charge < -0.3 is 10.0 Å². The molecule has 94 valence electrons. The van der Waals surface area contributed by atoms with Gasteiger partial charge in [0.2, 0.25) is 5.91 Å². The largest absolute Gasteiger partial charge is 0.386 e. The Morgan fingerprint density at radius 1 is 1.59 bits per heavy atom. The molecule has 1 amide bonds. The lowest BCUT2D eigenvalue weighted by molar-refractivity contribution is -0.135. The molecule has 0 bridgehead atoms. The van der Waals surface area contributed by atoms with Crippen LogP contribution in [0.1, 0.15) is 36.7 Å². The summed E-state index contributed by atoms with van der Waals surface area (Å²) in [5.74, 6) is 0.383. The first-order valence-corrected chi connectivity index (χ1v) is 7.03. The smallest absolute Gasteiger partial charge is 0.225 e. The van der Waals surface area contributed by atoms with Crippen LogP contribution in [0.25, 0.3) is 0 Å². The van der Waals surface area contributed by atoms with E-state index in [1.807, 2.05) is 17.5 Å². The van der Waals surface area contributed by atoms with Gasteiger partial charge in [0.15, 0.2) is 0 Å². The molecule has 1 aromatic heterocycles. The topological polar surface area (TPSA) is 40.5 Å². The number of aliphatic hydroxyl groups is 1. The zero-order chi connectivity index (χ0) is 12.3. The minimum absolute atomic E-state index is 0.190. The lowest BCUT2D eigenvalue weighted by Crippen LogP contribution is -2.34. The molecule has 1 fully saturated rings. The van der Waals surface area contributed by atoms with E-state index in [1.54, 1.807) is 11.9 Å². The van der Waals surface area contributed by atoms with Crippen LogP contribution < -0.4 is 0 Å². The van der Waals surface area contributed by atoms with Crippen molar-refractivity contribution in [2.75, 3.05) is 13.6 Å². The fourth-order valence-corrected chi connectivity index (χ4v) is 3.11. The van der Waals surface area contributed by atoms with Gasteiger partial charge in [0, 0.05) is 17.8 Å². The standard InChI is InChI=1S/C13H19NO2S/c1-14(13(16)10-5-2-3-6-10)9-11(15)12-7-4-8-17-12/h4,7-8,10-11,15H,2-3,5-6,9H2,1H3. The molecule has 0 saturated heterocycles. The van der Waals surface area contributed by atoms with Gasteiger partial charge in [0.1, 0.15) is 6.10 Å². The second-order valence-electron chi connectivity index (χ2n) is 4.73. The summed E-state index contributed by atoms with van der Waals surface area (Å²) in [5.41, 5.74) is 0. The Morgan fingerprint density at radius 2 is 2.29 bits per heavy atom. The average molecular weight is 253 g/mol. The number of nitrogens with zero attached hydrogens (tertiary/aromatic N) is 1. The summed E-state index contributed by atoms with van der Waals surface area (Å²) in [6, 6.07) is 3.82. The van der Waals surface area contributed by atoms with E-state index in [0.717, 1.165) is 30.6 Å². The Morgan fingerprint density at radius 3 is 2.88 bits per heavy atom. The number of hydrogen-bond acceptors (Lipinski definition) is 3. The zero-order valence-electron chi connectivity index (χ0n) is 10.1. The summed E-state index contributed by atoms with van der Waals surface area (Å²) in [6.45, 7) is 0.399. The molecule has 17 heavy (non-hydrogen) atoms. The van der Waals surface area contributed by atoms with Gasteiger partial charge in [-0.3, -0.25) is 4.79 Å². The van der Waals surface area contributed by atoms with E-state index in [-0.39, 0.29) is 11.8 Å². The van der Waals surface area contributed by atoms with Gasteiger partial charge in [0.05, 0.1) is 6.54 Å². The number of carbonyl (C=O) groups excluding carboxylic acids is 1. The van der Waals surface area contributed by atoms with Gasteiger partial charge in [-0.05, 0) is 24.3 Å². The molecule has 1 aliphatic carbocycles. The third kappa shape index (κ3) is 3.07. The van der Waals surface area contributed by atoms with Gasteiger partial charge >= 0.3 is 0 Å². The second-order valence-corrected chi connectivity index (χ2v) is 5.71. The molecule has 3 nitrogen and oxygen atoms in total. The molecule has 0 aromatic carbocycles. The number of thiophene rings is 1. The predicted molar refractivity (Wildman–Crippen MR) is 68.9 cm³/mol. The fourth-order valence-electron chi connectivity index (χ4n) is 2.40. The normalized spacial score (nSPS) is 18.2. The predicted octanol–water partition coefficient (Wildman–Crippen LogP) is 2.43. The molecule has 1 N–H and O–H groups in total. The van der Waals surface area contributed by atoms with E-state index in [0.29, 0.717) is 6.54 Å². The number of aliphatic hydroxyl groups excluding tert-OH is 1. The maximum absolute atomic E-state index is 12.1. The van der Waals surface area contributed by atoms with Crippen molar-refractivity contribution >= 4 is 17.2 Å². The molecule has 1 aliphatic rings. The Balaban J connectivity index is 1.87. The molecule has 1 aromatic rings. The van der Waals surface area contributed by atoms with Gasteiger partial charge in [-0.1, -0.05) is 18.9 Å². The van der Waals surface area contributed by atoms with Crippen molar-refractivity contribution in [1.29, 1.82) is 0 Å². The highest BCUT2D eigenvalue weighted by atomic mass is 32.1. The molecule has 4 heteroatoms. The van der Waals surface area contributed by atoms with Crippen molar-refractivity contribution in [2.45, 2.75) is 31.8 Å². The van der Waals surface area contributed by atoms with Crippen molar-refractivity contribution in [3.63, 3.8) is 0 Å². The van der Waals surface area contributed by atoms with E-state index in [1.165, 1.54) is 11.3 Å². The van der Waals surface area contributed by atoms with E-state index in [4.69, 9.17) is 0 Å². The Hall–Kier alpha value is -0.870. The minimum atomic E-state index is -0.551. The molecular formula is C13H19NO2S. The molecule has 1 saturated carbocycles. The van der Waals surface area contributed by atoms with Crippen molar-refractivity contribution in [3.05, 3.63) is 22.4 Å². The first kappa shape index (κ1) is 12.6. The van der Waals surface area contributed by atoms with Crippen molar-refractivity contribution in [2.24, 2.45) is 5.92 Å². The highest BCUT2D eigenvalue weighted by Crippen LogP contribution is 2.27. The Labute approximate surface area is 106 Å². The molecule has 0 spiro atoms. The molecule has 2 rings (SSSR count).